The van der Waals surface area contributed by atoms with Crippen molar-refractivity contribution in [2.45, 2.75) is 44.1 Å². The van der Waals surface area contributed by atoms with Gasteiger partial charge in [0.2, 0.25) is 0 Å². The predicted octanol–water partition coefficient (Wildman–Crippen LogP) is 3.72. The lowest BCUT2D eigenvalue weighted by Crippen LogP contribution is -2.10. The molecular weight excluding hydrogens is 248 g/mol. The minimum atomic E-state index is -0.266. The maximum absolute atomic E-state index is 11.3. The van der Waals surface area contributed by atoms with Gasteiger partial charge in [-0.05, 0) is 29.9 Å². The van der Waals surface area contributed by atoms with E-state index in [1.165, 1.54) is 37.7 Å². The van der Waals surface area contributed by atoms with Crippen LogP contribution in [0.2, 0.25) is 0 Å². The van der Waals surface area contributed by atoms with Crippen LogP contribution in [0.5, 0.6) is 0 Å². The molecule has 0 aliphatic heterocycles. The quantitative estimate of drug-likeness (QED) is 0.792. The molecule has 1 aromatic heterocycles. The number of benzene rings is 1. The van der Waals surface area contributed by atoms with Crippen LogP contribution in [0.1, 0.15) is 55.2 Å². The van der Waals surface area contributed by atoms with Crippen LogP contribution in [-0.2, 0) is 4.79 Å². The molecule has 20 heavy (non-hydrogen) atoms. The monoisotopic (exact) mass is 268 g/mol. The summed E-state index contributed by atoms with van der Waals surface area (Å²) < 4.78 is 1.84. The van der Waals surface area contributed by atoms with Gasteiger partial charge in [-0.15, -0.1) is 0 Å². The second-order valence-electron chi connectivity index (χ2n) is 5.59. The van der Waals surface area contributed by atoms with Gasteiger partial charge in [0.25, 0.3) is 0 Å². The Labute approximate surface area is 119 Å². The SMILES string of the molecule is O=CC(c1ccc(C2CCCCC2)cc1)n1ccnc1. The second kappa shape index (κ2) is 6.04. The van der Waals surface area contributed by atoms with Gasteiger partial charge in [-0.1, -0.05) is 43.5 Å². The molecule has 1 aliphatic rings. The van der Waals surface area contributed by atoms with E-state index in [1.54, 1.807) is 12.5 Å². The van der Waals surface area contributed by atoms with E-state index < -0.39 is 0 Å². The lowest BCUT2D eigenvalue weighted by molar-refractivity contribution is -0.109. The third-order valence-corrected chi connectivity index (χ3v) is 4.33. The molecule has 1 fully saturated rings. The number of carbonyl (C=O) groups is 1. The van der Waals surface area contributed by atoms with Crippen molar-refractivity contribution in [3.8, 4) is 0 Å². The highest BCUT2D eigenvalue weighted by molar-refractivity contribution is 5.62. The van der Waals surface area contributed by atoms with Gasteiger partial charge in [-0.3, -0.25) is 0 Å². The van der Waals surface area contributed by atoms with Gasteiger partial charge in [0.05, 0.1) is 6.33 Å². The van der Waals surface area contributed by atoms with Gasteiger partial charge in [0, 0.05) is 12.4 Å². The minimum Gasteiger partial charge on any atom is -0.323 e. The zero-order valence-electron chi connectivity index (χ0n) is 11.6. The summed E-state index contributed by atoms with van der Waals surface area (Å²) in [5.74, 6) is 0.709. The Hall–Kier alpha value is -1.90. The number of carbonyl (C=O) groups excluding carboxylic acids is 1. The van der Waals surface area contributed by atoms with E-state index in [1.807, 2.05) is 10.8 Å². The summed E-state index contributed by atoms with van der Waals surface area (Å²) in [6.07, 6.45) is 12.9. The fourth-order valence-corrected chi connectivity index (χ4v) is 3.16. The van der Waals surface area contributed by atoms with Crippen molar-refractivity contribution >= 4 is 6.29 Å². The van der Waals surface area contributed by atoms with E-state index >= 15 is 0 Å². The van der Waals surface area contributed by atoms with E-state index in [2.05, 4.69) is 29.2 Å². The summed E-state index contributed by atoms with van der Waals surface area (Å²) >= 11 is 0. The van der Waals surface area contributed by atoms with Crippen LogP contribution < -0.4 is 0 Å². The van der Waals surface area contributed by atoms with Crippen molar-refractivity contribution in [1.29, 1.82) is 0 Å². The van der Waals surface area contributed by atoms with Gasteiger partial charge in [-0.25, -0.2) is 4.98 Å². The standard InChI is InChI=1S/C17H20N2O/c20-12-17(19-11-10-18-13-19)16-8-6-15(7-9-16)14-4-2-1-3-5-14/h6-14,17H,1-5H2. The average molecular weight is 268 g/mol. The van der Waals surface area contributed by atoms with Crippen LogP contribution in [-0.4, -0.2) is 15.8 Å². The normalized spacial score (nSPS) is 17.8. The summed E-state index contributed by atoms with van der Waals surface area (Å²) in [5, 5.41) is 0. The molecule has 1 atom stereocenters. The van der Waals surface area contributed by atoms with E-state index in [0.29, 0.717) is 5.92 Å². The smallest absolute Gasteiger partial charge is 0.147 e. The maximum Gasteiger partial charge on any atom is 0.147 e. The zero-order valence-corrected chi connectivity index (χ0v) is 11.6. The summed E-state index contributed by atoms with van der Waals surface area (Å²) in [6, 6.07) is 8.29. The fraction of sp³-hybridized carbons (Fsp3) is 0.412. The van der Waals surface area contributed by atoms with Crippen LogP contribution in [0.3, 0.4) is 0 Å². The molecular formula is C17H20N2O. The molecule has 1 aromatic carbocycles. The van der Waals surface area contributed by atoms with Crippen molar-refractivity contribution in [2.24, 2.45) is 0 Å². The maximum atomic E-state index is 11.3. The Balaban J connectivity index is 1.79. The highest BCUT2D eigenvalue weighted by atomic mass is 16.1. The van der Waals surface area contributed by atoms with Crippen molar-refractivity contribution in [3.63, 3.8) is 0 Å². The molecule has 1 saturated carbocycles. The molecule has 1 unspecified atom stereocenters. The van der Waals surface area contributed by atoms with Crippen LogP contribution in [0.4, 0.5) is 0 Å². The molecule has 104 valence electrons. The van der Waals surface area contributed by atoms with Gasteiger partial charge in [0.1, 0.15) is 12.3 Å². The van der Waals surface area contributed by atoms with E-state index in [0.717, 1.165) is 11.8 Å². The van der Waals surface area contributed by atoms with Gasteiger partial charge >= 0.3 is 0 Å². The lowest BCUT2D eigenvalue weighted by Gasteiger charge is -2.22. The molecule has 0 radical (unpaired) electrons. The number of aromatic nitrogens is 2. The predicted molar refractivity (Wildman–Crippen MR) is 78.7 cm³/mol. The van der Waals surface area contributed by atoms with E-state index in [9.17, 15) is 4.79 Å². The third-order valence-electron chi connectivity index (χ3n) is 4.33. The topological polar surface area (TPSA) is 34.9 Å². The number of rotatable bonds is 4. The van der Waals surface area contributed by atoms with Crippen LogP contribution >= 0.6 is 0 Å². The first kappa shape index (κ1) is 13.1. The summed E-state index contributed by atoms with van der Waals surface area (Å²) in [4.78, 5) is 15.4. The molecule has 0 N–H and O–H groups in total. The van der Waals surface area contributed by atoms with Crippen molar-refractivity contribution in [2.75, 3.05) is 0 Å². The number of aldehydes is 1. The van der Waals surface area contributed by atoms with Crippen LogP contribution in [0.25, 0.3) is 0 Å². The van der Waals surface area contributed by atoms with Crippen LogP contribution in [0, 0.1) is 0 Å². The molecule has 3 heteroatoms. The molecule has 0 bridgehead atoms. The molecule has 0 amide bonds. The largest absolute Gasteiger partial charge is 0.323 e. The van der Waals surface area contributed by atoms with Gasteiger partial charge < -0.3 is 9.36 Å². The van der Waals surface area contributed by atoms with Crippen molar-refractivity contribution < 1.29 is 4.79 Å². The molecule has 3 rings (SSSR count). The number of hydrogen-bond acceptors (Lipinski definition) is 2. The number of nitrogens with zero attached hydrogens (tertiary/aromatic N) is 2. The first-order valence-electron chi connectivity index (χ1n) is 7.41. The Morgan fingerprint density at radius 3 is 2.50 bits per heavy atom. The Morgan fingerprint density at radius 2 is 1.90 bits per heavy atom. The first-order chi connectivity index (χ1) is 9.88. The second-order valence-corrected chi connectivity index (χ2v) is 5.59. The highest BCUT2D eigenvalue weighted by Crippen LogP contribution is 2.33. The molecule has 1 heterocycles. The summed E-state index contributed by atoms with van der Waals surface area (Å²) in [5.41, 5.74) is 2.45. The van der Waals surface area contributed by atoms with E-state index in [-0.39, 0.29) is 6.04 Å². The molecule has 0 saturated heterocycles. The van der Waals surface area contributed by atoms with Gasteiger partial charge in [0.15, 0.2) is 0 Å². The van der Waals surface area contributed by atoms with E-state index in [4.69, 9.17) is 0 Å². The Kier molecular flexibility index (Phi) is 3.95. The average Bonchev–Trinajstić information content (AvgIpc) is 3.04. The summed E-state index contributed by atoms with van der Waals surface area (Å²) in [7, 11) is 0. The number of imidazole rings is 1. The molecule has 0 spiro atoms. The Bertz CT molecular complexity index is 539. The lowest BCUT2D eigenvalue weighted by atomic mass is 9.84. The third kappa shape index (κ3) is 2.67. The molecule has 2 aromatic rings. The van der Waals surface area contributed by atoms with Crippen LogP contribution in [0.15, 0.2) is 43.0 Å². The molecule has 3 nitrogen and oxygen atoms in total. The fourth-order valence-electron chi connectivity index (χ4n) is 3.16. The van der Waals surface area contributed by atoms with Gasteiger partial charge in [-0.2, -0.15) is 0 Å². The van der Waals surface area contributed by atoms with Crippen molar-refractivity contribution in [3.05, 3.63) is 54.1 Å². The first-order valence-corrected chi connectivity index (χ1v) is 7.41. The Morgan fingerprint density at radius 1 is 1.15 bits per heavy atom. The zero-order chi connectivity index (χ0) is 13.8. The summed E-state index contributed by atoms with van der Waals surface area (Å²) in [6.45, 7) is 0. The molecule has 1 aliphatic carbocycles. The minimum absolute atomic E-state index is 0.266. The van der Waals surface area contributed by atoms with Crippen molar-refractivity contribution in [1.82, 2.24) is 9.55 Å². The number of hydrogen-bond donors (Lipinski definition) is 0. The highest BCUT2D eigenvalue weighted by Gasteiger charge is 2.17.